The summed E-state index contributed by atoms with van der Waals surface area (Å²) in [6, 6.07) is 0. The van der Waals surface area contributed by atoms with Crippen molar-refractivity contribution in [3.05, 3.63) is 6.92 Å². The van der Waals surface area contributed by atoms with E-state index in [0.717, 1.165) is 11.2 Å². The highest BCUT2D eigenvalue weighted by Gasteiger charge is 2.00. The van der Waals surface area contributed by atoms with Crippen LogP contribution in [-0.2, 0) is 0 Å². The van der Waals surface area contributed by atoms with Gasteiger partial charge in [0.25, 0.3) is 0 Å². The van der Waals surface area contributed by atoms with Crippen LogP contribution in [0.25, 0.3) is 0 Å². The van der Waals surface area contributed by atoms with Gasteiger partial charge in [-0.05, 0) is 12.8 Å². The molecule has 0 amide bonds. The molecule has 0 aliphatic heterocycles. The Morgan fingerprint density at radius 2 is 2.00 bits per heavy atom. The summed E-state index contributed by atoms with van der Waals surface area (Å²) in [5.74, 6) is 0. The van der Waals surface area contributed by atoms with Gasteiger partial charge in [-0.25, -0.2) is 0 Å². The number of hydrogen-bond acceptors (Lipinski definition) is 0. The molecule has 0 saturated carbocycles. The second-order valence-corrected chi connectivity index (χ2v) is 4.03. The van der Waals surface area contributed by atoms with E-state index in [1.807, 2.05) is 0 Å². The molecule has 0 aliphatic carbocycles. The van der Waals surface area contributed by atoms with E-state index in [0.29, 0.717) is 0 Å². The van der Waals surface area contributed by atoms with Crippen molar-refractivity contribution >= 4 is 15.9 Å². The van der Waals surface area contributed by atoms with E-state index >= 15 is 0 Å². The molecule has 1 atom stereocenters. The summed E-state index contributed by atoms with van der Waals surface area (Å²) in [4.78, 5) is 0.754. The lowest BCUT2D eigenvalue weighted by atomic mass is 10.1. The van der Waals surface area contributed by atoms with Gasteiger partial charge in [0.2, 0.25) is 0 Å². The monoisotopic (exact) mass is 205 g/mol. The molecule has 1 unspecified atom stereocenters. The highest BCUT2D eigenvalue weighted by Crippen LogP contribution is 2.15. The zero-order valence-electron chi connectivity index (χ0n) is 6.91. The molecule has 1 radical (unpaired) electrons. The smallest absolute Gasteiger partial charge is 0.0145 e. The summed E-state index contributed by atoms with van der Waals surface area (Å²) in [6.45, 7) is 6.04. The lowest BCUT2D eigenvalue weighted by Crippen LogP contribution is -1.95. The van der Waals surface area contributed by atoms with E-state index in [1.165, 1.54) is 32.1 Å². The van der Waals surface area contributed by atoms with E-state index in [9.17, 15) is 0 Å². The van der Waals surface area contributed by atoms with Gasteiger partial charge in [-0.15, -0.1) is 0 Å². The maximum absolute atomic E-state index is 3.81. The second-order valence-electron chi connectivity index (χ2n) is 2.74. The van der Waals surface area contributed by atoms with E-state index in [4.69, 9.17) is 0 Å². The molecular formula is C9H18Br. The third kappa shape index (κ3) is 6.60. The van der Waals surface area contributed by atoms with Crippen molar-refractivity contribution in [3.8, 4) is 0 Å². The Balaban J connectivity index is 2.97. The van der Waals surface area contributed by atoms with Gasteiger partial charge in [0.1, 0.15) is 0 Å². The minimum atomic E-state index is 0.754. The molecule has 0 rings (SSSR count). The van der Waals surface area contributed by atoms with Crippen molar-refractivity contribution in [3.63, 3.8) is 0 Å². The normalized spacial score (nSPS) is 13.5. The Bertz CT molecular complexity index is 61.7. The zero-order chi connectivity index (χ0) is 7.82. The summed E-state index contributed by atoms with van der Waals surface area (Å²) in [6.07, 6.45) is 7.64. The Morgan fingerprint density at radius 3 is 2.50 bits per heavy atom. The average Bonchev–Trinajstić information content (AvgIpc) is 1.89. The molecule has 0 saturated heterocycles. The maximum Gasteiger partial charge on any atom is 0.0145 e. The topological polar surface area (TPSA) is 0 Å². The Kier molecular flexibility index (Phi) is 7.95. The highest BCUT2D eigenvalue weighted by molar-refractivity contribution is 9.09. The average molecular weight is 206 g/mol. The molecule has 0 nitrogen and oxygen atoms in total. The number of unbranched alkanes of at least 4 members (excludes halogenated alkanes) is 2. The fourth-order valence-corrected chi connectivity index (χ4v) is 1.78. The lowest BCUT2D eigenvalue weighted by molar-refractivity contribution is 0.630. The van der Waals surface area contributed by atoms with Crippen molar-refractivity contribution in [2.24, 2.45) is 0 Å². The van der Waals surface area contributed by atoms with Gasteiger partial charge >= 0.3 is 0 Å². The molecule has 61 valence electrons. The summed E-state index contributed by atoms with van der Waals surface area (Å²) in [5.41, 5.74) is 0. The van der Waals surface area contributed by atoms with Crippen LogP contribution >= 0.6 is 15.9 Å². The number of halogens is 1. The quantitative estimate of drug-likeness (QED) is 0.456. The van der Waals surface area contributed by atoms with E-state index in [-0.39, 0.29) is 0 Å². The third-order valence-corrected chi connectivity index (χ3v) is 2.53. The molecular weight excluding hydrogens is 188 g/mol. The van der Waals surface area contributed by atoms with Gasteiger partial charge in [0, 0.05) is 4.83 Å². The molecule has 0 aromatic heterocycles. The Labute approximate surface area is 73.5 Å². The van der Waals surface area contributed by atoms with Crippen LogP contribution < -0.4 is 0 Å². The van der Waals surface area contributed by atoms with Crippen molar-refractivity contribution in [1.29, 1.82) is 0 Å². The molecule has 10 heavy (non-hydrogen) atoms. The van der Waals surface area contributed by atoms with Crippen LogP contribution in [0.15, 0.2) is 0 Å². The Hall–Kier alpha value is 0.480. The highest BCUT2D eigenvalue weighted by atomic mass is 79.9. The van der Waals surface area contributed by atoms with Crippen molar-refractivity contribution in [1.82, 2.24) is 0 Å². The van der Waals surface area contributed by atoms with Gasteiger partial charge < -0.3 is 0 Å². The van der Waals surface area contributed by atoms with Crippen LogP contribution in [0.3, 0.4) is 0 Å². The van der Waals surface area contributed by atoms with Crippen LogP contribution in [0.4, 0.5) is 0 Å². The summed E-state index contributed by atoms with van der Waals surface area (Å²) in [7, 11) is 0. The molecule has 0 spiro atoms. The molecule has 0 N–H and O–H groups in total. The van der Waals surface area contributed by atoms with E-state index in [2.05, 4.69) is 29.8 Å². The van der Waals surface area contributed by atoms with Crippen LogP contribution in [0.5, 0.6) is 0 Å². The molecule has 0 aromatic carbocycles. The SMILES string of the molecule is [CH2]CCCCC(Br)CCC. The minimum Gasteiger partial charge on any atom is -0.0891 e. The summed E-state index contributed by atoms with van der Waals surface area (Å²) < 4.78 is 0. The van der Waals surface area contributed by atoms with Crippen LogP contribution in [0, 0.1) is 6.92 Å². The van der Waals surface area contributed by atoms with Gasteiger partial charge in [-0.1, -0.05) is 55.5 Å². The predicted molar refractivity (Wildman–Crippen MR) is 51.4 cm³/mol. The summed E-state index contributed by atoms with van der Waals surface area (Å²) in [5, 5.41) is 0. The van der Waals surface area contributed by atoms with Gasteiger partial charge in [0.15, 0.2) is 0 Å². The first kappa shape index (κ1) is 10.5. The fourth-order valence-electron chi connectivity index (χ4n) is 1.00. The summed E-state index contributed by atoms with van der Waals surface area (Å²) >= 11 is 3.65. The molecule has 0 heterocycles. The molecule has 0 aromatic rings. The molecule has 0 bridgehead atoms. The number of rotatable bonds is 6. The first-order valence-corrected chi connectivity index (χ1v) is 5.16. The van der Waals surface area contributed by atoms with E-state index < -0.39 is 0 Å². The third-order valence-electron chi connectivity index (χ3n) is 1.62. The second kappa shape index (κ2) is 7.59. The fraction of sp³-hybridized carbons (Fsp3) is 0.889. The first-order chi connectivity index (χ1) is 4.81. The standard InChI is InChI=1S/C9H18Br/c1-3-5-6-8-9(10)7-4-2/h9H,1,3-8H2,2H3. The molecule has 0 aliphatic rings. The van der Waals surface area contributed by atoms with Gasteiger partial charge in [0.05, 0.1) is 0 Å². The van der Waals surface area contributed by atoms with E-state index in [1.54, 1.807) is 0 Å². The van der Waals surface area contributed by atoms with Crippen LogP contribution in [-0.4, -0.2) is 4.83 Å². The number of hydrogen-bond donors (Lipinski definition) is 0. The Morgan fingerprint density at radius 1 is 1.30 bits per heavy atom. The van der Waals surface area contributed by atoms with Crippen molar-refractivity contribution in [2.75, 3.05) is 0 Å². The van der Waals surface area contributed by atoms with Crippen molar-refractivity contribution < 1.29 is 0 Å². The van der Waals surface area contributed by atoms with Crippen LogP contribution in [0.1, 0.15) is 45.4 Å². The van der Waals surface area contributed by atoms with Gasteiger partial charge in [-0.3, -0.25) is 0 Å². The maximum atomic E-state index is 3.81. The lowest BCUT2D eigenvalue weighted by Gasteiger charge is -2.05. The predicted octanol–water partition coefficient (Wildman–Crippen LogP) is 3.94. The van der Waals surface area contributed by atoms with Gasteiger partial charge in [-0.2, -0.15) is 0 Å². The minimum absolute atomic E-state index is 0.754. The molecule has 1 heteroatoms. The molecule has 0 fully saturated rings. The first-order valence-electron chi connectivity index (χ1n) is 4.24. The van der Waals surface area contributed by atoms with Crippen molar-refractivity contribution in [2.45, 2.75) is 50.3 Å². The number of alkyl halides is 1. The zero-order valence-corrected chi connectivity index (χ0v) is 8.49. The largest absolute Gasteiger partial charge is 0.0891 e. The van der Waals surface area contributed by atoms with Crippen LogP contribution in [0.2, 0.25) is 0 Å².